The van der Waals surface area contributed by atoms with Gasteiger partial charge in [-0.1, -0.05) is 24.0 Å². The van der Waals surface area contributed by atoms with E-state index in [9.17, 15) is 9.18 Å². The highest BCUT2D eigenvalue weighted by Gasteiger charge is 2.13. The number of carbonyl (C=O) groups is 1. The highest BCUT2D eigenvalue weighted by Crippen LogP contribution is 2.19. The Morgan fingerprint density at radius 1 is 1.19 bits per heavy atom. The van der Waals surface area contributed by atoms with E-state index in [0.717, 1.165) is 44.0 Å². The molecule has 0 aliphatic carbocycles. The van der Waals surface area contributed by atoms with Crippen molar-refractivity contribution in [1.29, 1.82) is 0 Å². The predicted octanol–water partition coefficient (Wildman–Crippen LogP) is 5.11. The van der Waals surface area contributed by atoms with E-state index in [1.54, 1.807) is 25.5 Å². The second-order valence-electron chi connectivity index (χ2n) is 8.91. The number of halogens is 1. The molecule has 1 aliphatic rings. The molecule has 0 spiro atoms. The van der Waals surface area contributed by atoms with E-state index in [1.165, 1.54) is 23.8 Å². The summed E-state index contributed by atoms with van der Waals surface area (Å²) in [5.74, 6) is 4.90. The van der Waals surface area contributed by atoms with Crippen LogP contribution in [0.2, 0.25) is 0 Å². The van der Waals surface area contributed by atoms with Crippen LogP contribution in [-0.2, 0) is 6.54 Å². The Morgan fingerprint density at radius 2 is 1.97 bits per heavy atom. The summed E-state index contributed by atoms with van der Waals surface area (Å²) in [6.07, 6.45) is 6.74. The number of benzene rings is 2. The molecule has 1 saturated heterocycles. The average molecular weight is 500 g/mol. The Bertz CT molecular complexity index is 1290. The van der Waals surface area contributed by atoms with Crippen LogP contribution in [0.1, 0.15) is 47.8 Å². The molecule has 6 nitrogen and oxygen atoms in total. The van der Waals surface area contributed by atoms with E-state index in [4.69, 9.17) is 0 Å². The fourth-order valence-corrected chi connectivity index (χ4v) is 3.69. The monoisotopic (exact) mass is 499 g/mol. The maximum Gasteiger partial charge on any atom is 0.255 e. The van der Waals surface area contributed by atoms with Crippen LogP contribution < -0.4 is 10.6 Å². The van der Waals surface area contributed by atoms with Gasteiger partial charge >= 0.3 is 0 Å². The van der Waals surface area contributed by atoms with Crippen molar-refractivity contribution in [1.82, 2.24) is 10.2 Å². The molecular formula is C30H34FN5O. The highest BCUT2D eigenvalue weighted by molar-refractivity contribution is 6.29. The Morgan fingerprint density at radius 3 is 2.70 bits per heavy atom. The third kappa shape index (κ3) is 8.94. The van der Waals surface area contributed by atoms with Gasteiger partial charge in [-0.15, -0.1) is 0 Å². The molecule has 0 radical (unpaired) electrons. The molecular weight excluding hydrogens is 465 g/mol. The fourth-order valence-electron chi connectivity index (χ4n) is 3.69. The maximum absolute atomic E-state index is 14.4. The normalized spacial score (nSPS) is 15.2. The van der Waals surface area contributed by atoms with Gasteiger partial charge in [0.2, 0.25) is 0 Å². The van der Waals surface area contributed by atoms with Gasteiger partial charge in [0, 0.05) is 68.2 Å². The summed E-state index contributed by atoms with van der Waals surface area (Å²) in [4.78, 5) is 23.6. The molecule has 1 fully saturated rings. The van der Waals surface area contributed by atoms with Crippen LogP contribution in [0.25, 0.3) is 0 Å². The minimum absolute atomic E-state index is 0.151. The van der Waals surface area contributed by atoms with E-state index >= 15 is 0 Å². The van der Waals surface area contributed by atoms with Crippen LogP contribution in [0.3, 0.4) is 0 Å². The van der Waals surface area contributed by atoms with Gasteiger partial charge in [0.05, 0.1) is 11.3 Å². The third-order valence-corrected chi connectivity index (χ3v) is 5.79. The molecule has 2 N–H and O–H groups in total. The van der Waals surface area contributed by atoms with Crippen molar-refractivity contribution >= 4 is 23.5 Å². The molecule has 7 heteroatoms. The molecule has 192 valence electrons. The first-order valence-corrected chi connectivity index (χ1v) is 12.4. The quantitative estimate of drug-likeness (QED) is 0.411. The lowest BCUT2D eigenvalue weighted by molar-refractivity contribution is 0.102. The molecule has 0 bridgehead atoms. The van der Waals surface area contributed by atoms with E-state index in [2.05, 4.69) is 50.3 Å². The summed E-state index contributed by atoms with van der Waals surface area (Å²) in [7, 11) is 0. The van der Waals surface area contributed by atoms with Crippen molar-refractivity contribution in [3.8, 4) is 11.8 Å². The molecule has 0 aromatic heterocycles. The molecule has 0 saturated carbocycles. The lowest BCUT2D eigenvalue weighted by atomic mass is 10.1. The van der Waals surface area contributed by atoms with Crippen LogP contribution in [0.4, 0.5) is 10.1 Å². The first kappa shape index (κ1) is 27.7. The van der Waals surface area contributed by atoms with E-state index in [0.29, 0.717) is 16.8 Å². The first-order chi connectivity index (χ1) is 17.9. The number of hydrogen-bond donors (Lipinski definition) is 2. The Balaban J connectivity index is 1.67. The number of nitrogens with one attached hydrogen (secondary N) is 2. The van der Waals surface area contributed by atoms with Crippen molar-refractivity contribution in [3.63, 3.8) is 0 Å². The lowest BCUT2D eigenvalue weighted by Gasteiger charge is -2.27. The van der Waals surface area contributed by atoms with Crippen molar-refractivity contribution < 1.29 is 9.18 Å². The number of hydrogen-bond acceptors (Lipinski definition) is 5. The number of nitrogens with zero attached hydrogens (tertiary/aromatic N) is 3. The van der Waals surface area contributed by atoms with Gasteiger partial charge in [-0.05, 0) is 69.2 Å². The van der Waals surface area contributed by atoms with Crippen molar-refractivity contribution in [2.24, 2.45) is 9.98 Å². The third-order valence-electron chi connectivity index (χ3n) is 5.79. The second kappa shape index (κ2) is 14.0. The molecule has 1 aliphatic heterocycles. The lowest BCUT2D eigenvalue weighted by Crippen LogP contribution is -2.42. The summed E-state index contributed by atoms with van der Waals surface area (Å²) >= 11 is 0. The Hall–Kier alpha value is -3.86. The Kier molecular flexibility index (Phi) is 10.5. The van der Waals surface area contributed by atoms with Crippen LogP contribution in [0, 0.1) is 24.6 Å². The minimum Gasteiger partial charge on any atom is -0.322 e. The van der Waals surface area contributed by atoms with Crippen molar-refractivity contribution in [2.45, 2.75) is 34.2 Å². The Labute approximate surface area is 219 Å². The van der Waals surface area contributed by atoms with Gasteiger partial charge in [-0.2, -0.15) is 0 Å². The zero-order chi connectivity index (χ0) is 26.6. The number of aliphatic imine (C=N–C) groups is 2. The molecule has 0 atom stereocenters. The van der Waals surface area contributed by atoms with Crippen LogP contribution in [-0.4, -0.2) is 48.9 Å². The summed E-state index contributed by atoms with van der Waals surface area (Å²) in [6.45, 7) is 12.5. The van der Waals surface area contributed by atoms with Gasteiger partial charge in [-0.25, -0.2) is 4.39 Å². The molecule has 0 unspecified atom stereocenters. The SMILES string of the molecule is C\C=C/N=C\C(C)=N\C=C(/C)C#Cc1cc(C(=O)Nc2ccc(CN3CCNCC3)c(C)c2)ccc1F. The number of piperazine rings is 1. The number of allylic oxidation sites excluding steroid dienone is 2. The zero-order valence-corrected chi connectivity index (χ0v) is 21.9. The predicted molar refractivity (Wildman–Crippen MR) is 151 cm³/mol. The van der Waals surface area contributed by atoms with Crippen molar-refractivity contribution in [3.05, 3.63) is 88.5 Å². The van der Waals surface area contributed by atoms with Gasteiger partial charge in [-0.3, -0.25) is 19.7 Å². The number of amides is 1. The van der Waals surface area contributed by atoms with E-state index in [-0.39, 0.29) is 11.5 Å². The molecule has 3 rings (SSSR count). The summed E-state index contributed by atoms with van der Waals surface area (Å²) in [5.41, 5.74) is 4.93. The van der Waals surface area contributed by atoms with Gasteiger partial charge in [0.15, 0.2) is 0 Å². The largest absolute Gasteiger partial charge is 0.322 e. The van der Waals surface area contributed by atoms with Gasteiger partial charge < -0.3 is 10.6 Å². The van der Waals surface area contributed by atoms with E-state index in [1.807, 2.05) is 32.1 Å². The zero-order valence-electron chi connectivity index (χ0n) is 21.9. The summed E-state index contributed by atoms with van der Waals surface area (Å²) in [6, 6.07) is 10.1. The average Bonchev–Trinajstić information content (AvgIpc) is 2.89. The molecule has 37 heavy (non-hydrogen) atoms. The number of anilines is 1. The number of aryl methyl sites for hydroxylation is 1. The maximum atomic E-state index is 14.4. The topological polar surface area (TPSA) is 69.1 Å². The van der Waals surface area contributed by atoms with Crippen LogP contribution in [0.15, 0.2) is 70.4 Å². The molecule has 1 amide bonds. The number of rotatable bonds is 7. The number of carbonyl (C=O) groups excluding carboxylic acids is 1. The molecule has 2 aromatic rings. The first-order valence-electron chi connectivity index (χ1n) is 12.4. The summed E-state index contributed by atoms with van der Waals surface area (Å²) < 4.78 is 14.4. The van der Waals surface area contributed by atoms with Gasteiger partial charge in [0.25, 0.3) is 5.91 Å². The molecule has 2 aromatic carbocycles. The highest BCUT2D eigenvalue weighted by atomic mass is 19.1. The van der Waals surface area contributed by atoms with Gasteiger partial charge in [0.1, 0.15) is 5.82 Å². The second-order valence-corrected chi connectivity index (χ2v) is 8.91. The fraction of sp³-hybridized carbons (Fsp3) is 0.300. The van der Waals surface area contributed by atoms with Crippen LogP contribution >= 0.6 is 0 Å². The van der Waals surface area contributed by atoms with E-state index < -0.39 is 5.82 Å². The van der Waals surface area contributed by atoms with Crippen molar-refractivity contribution in [2.75, 3.05) is 31.5 Å². The minimum atomic E-state index is -0.483. The molecule has 1 heterocycles. The summed E-state index contributed by atoms with van der Waals surface area (Å²) in [5, 5.41) is 6.28. The van der Waals surface area contributed by atoms with Crippen LogP contribution in [0.5, 0.6) is 0 Å². The standard InChI is InChI=1S/C30H34FN5O/c1-5-12-33-20-24(4)34-19-22(2)6-7-25-18-26(9-11-29(25)31)30(37)35-28-10-8-27(23(3)17-28)21-36-15-13-32-14-16-36/h5,8-12,17-20,32H,13-16,21H2,1-4H3,(H,35,37)/b12-5-,22-19+,33-20-,34-24+. The smallest absolute Gasteiger partial charge is 0.255 e.